The summed E-state index contributed by atoms with van der Waals surface area (Å²) in [5.74, 6) is 0.456. The number of H-pyrrole nitrogens is 1. The van der Waals surface area contributed by atoms with Gasteiger partial charge in [-0.15, -0.1) is 0 Å². The third-order valence-corrected chi connectivity index (χ3v) is 4.90. The van der Waals surface area contributed by atoms with Gasteiger partial charge in [0.2, 0.25) is 5.91 Å². The van der Waals surface area contributed by atoms with E-state index >= 15 is 0 Å². The SMILES string of the molecule is O=C(Cc1ccsc1)Nc1[nH]nc2c1CN(C(=O)Nc1ccccc1)C2. The zero-order valence-corrected chi connectivity index (χ0v) is 14.7. The number of hydrogen-bond acceptors (Lipinski definition) is 4. The van der Waals surface area contributed by atoms with Crippen LogP contribution in [0.5, 0.6) is 0 Å². The van der Waals surface area contributed by atoms with Crippen molar-refractivity contribution in [1.82, 2.24) is 15.1 Å². The second-order valence-corrected chi connectivity index (χ2v) is 6.81. The van der Waals surface area contributed by atoms with Crippen LogP contribution in [0.2, 0.25) is 0 Å². The molecular formula is C18H17N5O2S. The van der Waals surface area contributed by atoms with E-state index in [0.29, 0.717) is 25.3 Å². The van der Waals surface area contributed by atoms with Crippen molar-refractivity contribution in [1.29, 1.82) is 0 Å². The van der Waals surface area contributed by atoms with Gasteiger partial charge in [-0.25, -0.2) is 4.79 Å². The van der Waals surface area contributed by atoms with E-state index in [2.05, 4.69) is 20.8 Å². The zero-order valence-electron chi connectivity index (χ0n) is 13.9. The number of carbonyl (C=O) groups excluding carboxylic acids is 2. The summed E-state index contributed by atoms with van der Waals surface area (Å²) in [7, 11) is 0. The second-order valence-electron chi connectivity index (χ2n) is 6.03. The minimum absolute atomic E-state index is 0.109. The first kappa shape index (κ1) is 16.3. The summed E-state index contributed by atoms with van der Waals surface area (Å²) in [6, 6.07) is 11.0. The lowest BCUT2D eigenvalue weighted by Gasteiger charge is -2.16. The number of aromatic amines is 1. The lowest BCUT2D eigenvalue weighted by molar-refractivity contribution is -0.115. The molecule has 0 bridgehead atoms. The highest BCUT2D eigenvalue weighted by Crippen LogP contribution is 2.27. The number of hydrogen-bond donors (Lipinski definition) is 3. The van der Waals surface area contributed by atoms with Crippen molar-refractivity contribution < 1.29 is 9.59 Å². The number of benzene rings is 1. The smallest absolute Gasteiger partial charge is 0.314 e. The van der Waals surface area contributed by atoms with Crippen molar-refractivity contribution >= 4 is 34.8 Å². The molecule has 2 aromatic heterocycles. The number of aromatic nitrogens is 2. The highest BCUT2D eigenvalue weighted by molar-refractivity contribution is 7.08. The number of para-hydroxylation sites is 1. The maximum absolute atomic E-state index is 12.4. The first-order valence-electron chi connectivity index (χ1n) is 8.17. The summed E-state index contributed by atoms with van der Waals surface area (Å²) in [5, 5.41) is 16.7. The van der Waals surface area contributed by atoms with Crippen molar-refractivity contribution in [3.8, 4) is 0 Å². The van der Waals surface area contributed by atoms with Gasteiger partial charge in [0.25, 0.3) is 0 Å². The first-order valence-corrected chi connectivity index (χ1v) is 9.11. The molecule has 0 fully saturated rings. The average Bonchev–Trinajstić information content (AvgIpc) is 3.35. The lowest BCUT2D eigenvalue weighted by atomic mass is 10.2. The molecule has 0 saturated heterocycles. The fourth-order valence-corrected chi connectivity index (χ4v) is 3.53. The predicted octanol–water partition coefficient (Wildman–Crippen LogP) is 3.20. The Morgan fingerprint density at radius 2 is 2.00 bits per heavy atom. The van der Waals surface area contributed by atoms with E-state index in [1.54, 1.807) is 16.2 Å². The van der Waals surface area contributed by atoms with E-state index in [0.717, 1.165) is 22.5 Å². The summed E-state index contributed by atoms with van der Waals surface area (Å²) < 4.78 is 0. The van der Waals surface area contributed by atoms with Gasteiger partial charge in [-0.05, 0) is 34.5 Å². The number of nitrogens with one attached hydrogen (secondary N) is 3. The number of nitrogens with zero attached hydrogens (tertiary/aromatic N) is 2. The Balaban J connectivity index is 1.39. The third-order valence-electron chi connectivity index (χ3n) is 4.16. The quantitative estimate of drug-likeness (QED) is 0.661. The third kappa shape index (κ3) is 3.45. The Morgan fingerprint density at radius 1 is 1.15 bits per heavy atom. The number of carbonyl (C=O) groups is 2. The Hall–Kier alpha value is -3.13. The van der Waals surface area contributed by atoms with Gasteiger partial charge in [-0.3, -0.25) is 9.89 Å². The molecule has 3 heterocycles. The molecule has 3 amide bonds. The normalized spacial score (nSPS) is 12.7. The fraction of sp³-hybridized carbons (Fsp3) is 0.167. The van der Waals surface area contributed by atoms with Crippen molar-refractivity contribution in [2.75, 3.05) is 10.6 Å². The number of urea groups is 1. The molecule has 0 radical (unpaired) electrons. The van der Waals surface area contributed by atoms with Gasteiger partial charge in [0.05, 0.1) is 25.2 Å². The summed E-state index contributed by atoms with van der Waals surface area (Å²) >= 11 is 1.56. The monoisotopic (exact) mass is 367 g/mol. The number of anilines is 2. The van der Waals surface area contributed by atoms with E-state index in [-0.39, 0.29) is 11.9 Å². The van der Waals surface area contributed by atoms with Gasteiger partial charge in [-0.1, -0.05) is 18.2 Å². The maximum atomic E-state index is 12.4. The summed E-state index contributed by atoms with van der Waals surface area (Å²) in [4.78, 5) is 26.3. The second kappa shape index (κ2) is 7.01. The molecule has 3 aromatic rings. The summed E-state index contributed by atoms with van der Waals surface area (Å²) in [6.45, 7) is 0.809. The standard InChI is InChI=1S/C18H17N5O2S/c24-16(8-12-6-7-26-11-12)20-17-14-9-23(10-15(14)21-22-17)18(25)19-13-4-2-1-3-5-13/h1-7,11H,8-10H2,(H,19,25)(H2,20,21,22,24). The molecule has 1 aliphatic rings. The van der Waals surface area contributed by atoms with Crippen molar-refractivity contribution in [3.05, 3.63) is 64.0 Å². The van der Waals surface area contributed by atoms with E-state index < -0.39 is 0 Å². The molecule has 132 valence electrons. The Bertz CT molecular complexity index is 920. The van der Waals surface area contributed by atoms with Crippen molar-refractivity contribution in [2.45, 2.75) is 19.5 Å². The average molecular weight is 367 g/mol. The molecule has 0 unspecified atom stereocenters. The van der Waals surface area contributed by atoms with Gasteiger partial charge >= 0.3 is 6.03 Å². The topological polar surface area (TPSA) is 90.1 Å². The molecule has 1 aromatic carbocycles. The lowest BCUT2D eigenvalue weighted by Crippen LogP contribution is -2.30. The maximum Gasteiger partial charge on any atom is 0.322 e. The van der Waals surface area contributed by atoms with E-state index in [1.807, 2.05) is 47.2 Å². The van der Waals surface area contributed by atoms with Crippen LogP contribution >= 0.6 is 11.3 Å². The summed E-state index contributed by atoms with van der Waals surface area (Å²) in [5.41, 5.74) is 3.35. The van der Waals surface area contributed by atoms with E-state index in [9.17, 15) is 9.59 Å². The number of amides is 3. The van der Waals surface area contributed by atoms with Gasteiger partial charge in [0.1, 0.15) is 5.82 Å². The molecule has 26 heavy (non-hydrogen) atoms. The molecule has 0 aliphatic carbocycles. The van der Waals surface area contributed by atoms with Crippen LogP contribution in [-0.2, 0) is 24.3 Å². The van der Waals surface area contributed by atoms with Crippen LogP contribution in [0.15, 0.2) is 47.2 Å². The Kier molecular flexibility index (Phi) is 4.40. The predicted molar refractivity (Wildman–Crippen MR) is 99.9 cm³/mol. The van der Waals surface area contributed by atoms with Crippen LogP contribution in [-0.4, -0.2) is 27.0 Å². The van der Waals surface area contributed by atoms with E-state index in [4.69, 9.17) is 0 Å². The molecule has 1 aliphatic heterocycles. The van der Waals surface area contributed by atoms with Crippen LogP contribution in [0.3, 0.4) is 0 Å². The number of rotatable bonds is 4. The molecule has 8 heteroatoms. The van der Waals surface area contributed by atoms with Gasteiger partial charge in [0, 0.05) is 11.3 Å². The Morgan fingerprint density at radius 3 is 2.77 bits per heavy atom. The number of fused-ring (bicyclic) bond motifs is 1. The van der Waals surface area contributed by atoms with Crippen LogP contribution in [0, 0.1) is 0 Å². The molecule has 3 N–H and O–H groups in total. The largest absolute Gasteiger partial charge is 0.322 e. The Labute approximate surface area is 154 Å². The van der Waals surface area contributed by atoms with Crippen molar-refractivity contribution in [2.24, 2.45) is 0 Å². The van der Waals surface area contributed by atoms with Crippen LogP contribution in [0.4, 0.5) is 16.3 Å². The van der Waals surface area contributed by atoms with Crippen LogP contribution in [0.25, 0.3) is 0 Å². The molecule has 0 atom stereocenters. The van der Waals surface area contributed by atoms with Gasteiger partial charge < -0.3 is 15.5 Å². The van der Waals surface area contributed by atoms with Gasteiger partial charge in [-0.2, -0.15) is 16.4 Å². The first-order chi connectivity index (χ1) is 12.7. The van der Waals surface area contributed by atoms with Crippen LogP contribution < -0.4 is 10.6 Å². The molecular weight excluding hydrogens is 350 g/mol. The summed E-state index contributed by atoms with van der Waals surface area (Å²) in [6.07, 6.45) is 0.315. The van der Waals surface area contributed by atoms with Gasteiger partial charge in [0.15, 0.2) is 0 Å². The van der Waals surface area contributed by atoms with E-state index in [1.165, 1.54) is 0 Å². The van der Waals surface area contributed by atoms with Crippen molar-refractivity contribution in [3.63, 3.8) is 0 Å². The fourth-order valence-electron chi connectivity index (χ4n) is 2.86. The highest BCUT2D eigenvalue weighted by atomic mass is 32.1. The zero-order chi connectivity index (χ0) is 17.9. The molecule has 0 saturated carbocycles. The molecule has 4 rings (SSSR count). The minimum Gasteiger partial charge on any atom is -0.314 e. The molecule has 0 spiro atoms. The van der Waals surface area contributed by atoms with Crippen LogP contribution in [0.1, 0.15) is 16.8 Å². The molecule has 7 nitrogen and oxygen atoms in total. The number of thiophene rings is 1. The highest BCUT2D eigenvalue weighted by Gasteiger charge is 2.29. The minimum atomic E-state index is -0.190.